The highest BCUT2D eigenvalue weighted by Gasteiger charge is 2.16. The van der Waals surface area contributed by atoms with Gasteiger partial charge in [-0.05, 0) is 13.3 Å². The van der Waals surface area contributed by atoms with E-state index in [1.165, 1.54) is 6.92 Å². The number of hydrogen-bond acceptors (Lipinski definition) is 3. The minimum atomic E-state index is -0.199. The minimum Gasteiger partial charge on any atom is -0.504 e. The Morgan fingerprint density at radius 1 is 1.62 bits per heavy atom. The van der Waals surface area contributed by atoms with Crippen LogP contribution in [0.25, 0.3) is 0 Å². The van der Waals surface area contributed by atoms with Crippen molar-refractivity contribution in [3.63, 3.8) is 0 Å². The Morgan fingerprint density at radius 2 is 2.23 bits per heavy atom. The van der Waals surface area contributed by atoms with Gasteiger partial charge in [0, 0.05) is 13.5 Å². The van der Waals surface area contributed by atoms with Crippen LogP contribution in [0, 0.1) is 6.92 Å². The van der Waals surface area contributed by atoms with Crippen molar-refractivity contribution in [1.29, 1.82) is 0 Å². The predicted molar refractivity (Wildman–Crippen MR) is 48.9 cm³/mol. The van der Waals surface area contributed by atoms with Gasteiger partial charge in [0.05, 0.1) is 5.69 Å². The van der Waals surface area contributed by atoms with Gasteiger partial charge in [-0.3, -0.25) is 9.48 Å². The van der Waals surface area contributed by atoms with Gasteiger partial charge in [0.1, 0.15) is 0 Å². The lowest BCUT2D eigenvalue weighted by Gasteiger charge is -1.99. The highest BCUT2D eigenvalue weighted by atomic mass is 16.3. The van der Waals surface area contributed by atoms with Crippen LogP contribution < -0.4 is 0 Å². The molecule has 1 heterocycles. The molecular formula is C9H14N2O2. The number of nitrogens with zero attached hydrogens (tertiary/aromatic N) is 2. The summed E-state index contributed by atoms with van der Waals surface area (Å²) in [5, 5.41) is 13.5. The summed E-state index contributed by atoms with van der Waals surface area (Å²) in [5.74, 6) is -0.184. The largest absolute Gasteiger partial charge is 0.504 e. The molecule has 72 valence electrons. The van der Waals surface area contributed by atoms with Crippen LogP contribution in [-0.4, -0.2) is 20.7 Å². The van der Waals surface area contributed by atoms with Gasteiger partial charge >= 0.3 is 0 Å². The monoisotopic (exact) mass is 182 g/mol. The van der Waals surface area contributed by atoms with Crippen LogP contribution in [-0.2, 0) is 6.54 Å². The van der Waals surface area contributed by atoms with E-state index >= 15 is 0 Å². The van der Waals surface area contributed by atoms with Crippen LogP contribution in [0.5, 0.6) is 5.75 Å². The number of hydrogen-bond donors (Lipinski definition) is 1. The van der Waals surface area contributed by atoms with Gasteiger partial charge in [-0.1, -0.05) is 6.92 Å². The molecular weight excluding hydrogens is 168 g/mol. The van der Waals surface area contributed by atoms with Crippen molar-refractivity contribution >= 4 is 5.78 Å². The van der Waals surface area contributed by atoms with E-state index in [-0.39, 0.29) is 17.2 Å². The third-order valence-corrected chi connectivity index (χ3v) is 1.94. The molecule has 0 unspecified atom stereocenters. The lowest BCUT2D eigenvalue weighted by Crippen LogP contribution is -2.02. The molecule has 0 saturated heterocycles. The van der Waals surface area contributed by atoms with Crippen LogP contribution in [0.4, 0.5) is 0 Å². The van der Waals surface area contributed by atoms with Crippen molar-refractivity contribution in [3.8, 4) is 5.75 Å². The maximum absolute atomic E-state index is 11.0. The Bertz CT molecular complexity index is 329. The Morgan fingerprint density at radius 3 is 2.62 bits per heavy atom. The minimum absolute atomic E-state index is 0.0148. The number of carbonyl (C=O) groups excluding carboxylic acids is 1. The van der Waals surface area contributed by atoms with E-state index < -0.39 is 0 Å². The summed E-state index contributed by atoms with van der Waals surface area (Å²) in [6.07, 6.45) is 0.930. The zero-order valence-electron chi connectivity index (χ0n) is 8.16. The molecule has 0 aliphatic carbocycles. The van der Waals surface area contributed by atoms with Crippen molar-refractivity contribution in [2.45, 2.75) is 33.7 Å². The zero-order valence-corrected chi connectivity index (χ0v) is 8.16. The molecule has 4 nitrogen and oxygen atoms in total. The van der Waals surface area contributed by atoms with E-state index in [0.29, 0.717) is 5.69 Å². The lowest BCUT2D eigenvalue weighted by molar-refractivity contribution is 0.101. The summed E-state index contributed by atoms with van der Waals surface area (Å²) in [4.78, 5) is 11.0. The molecule has 0 fully saturated rings. The summed E-state index contributed by atoms with van der Waals surface area (Å²) < 4.78 is 1.66. The Balaban J connectivity index is 3.12. The molecule has 0 radical (unpaired) electrons. The third-order valence-electron chi connectivity index (χ3n) is 1.94. The van der Waals surface area contributed by atoms with Crippen molar-refractivity contribution in [2.75, 3.05) is 0 Å². The smallest absolute Gasteiger partial charge is 0.183 e. The van der Waals surface area contributed by atoms with Gasteiger partial charge in [0.25, 0.3) is 0 Å². The topological polar surface area (TPSA) is 55.1 Å². The van der Waals surface area contributed by atoms with E-state index in [9.17, 15) is 9.90 Å². The summed E-state index contributed by atoms with van der Waals surface area (Å²) in [7, 11) is 0. The highest BCUT2D eigenvalue weighted by Crippen LogP contribution is 2.21. The van der Waals surface area contributed by atoms with Crippen molar-refractivity contribution in [1.82, 2.24) is 9.78 Å². The maximum atomic E-state index is 11.0. The first-order chi connectivity index (χ1) is 6.07. The molecule has 0 aliphatic heterocycles. The predicted octanol–water partition coefficient (Wildman–Crippen LogP) is 1.51. The van der Waals surface area contributed by atoms with Crippen molar-refractivity contribution < 1.29 is 9.90 Å². The van der Waals surface area contributed by atoms with E-state index in [2.05, 4.69) is 5.10 Å². The van der Waals surface area contributed by atoms with Gasteiger partial charge in [0.15, 0.2) is 17.2 Å². The molecule has 4 heteroatoms. The number of carbonyl (C=O) groups is 1. The van der Waals surface area contributed by atoms with Gasteiger partial charge in [-0.25, -0.2) is 0 Å². The molecule has 0 aromatic carbocycles. The molecule has 0 saturated carbocycles. The van der Waals surface area contributed by atoms with E-state index in [1.807, 2.05) is 6.92 Å². The molecule has 13 heavy (non-hydrogen) atoms. The first kappa shape index (κ1) is 9.77. The van der Waals surface area contributed by atoms with Crippen LogP contribution in [0.2, 0.25) is 0 Å². The number of ketones is 1. The van der Waals surface area contributed by atoms with Gasteiger partial charge in [0.2, 0.25) is 0 Å². The molecule has 1 aromatic rings. The highest BCUT2D eigenvalue weighted by molar-refractivity contribution is 5.94. The first-order valence-electron chi connectivity index (χ1n) is 4.35. The molecule has 1 N–H and O–H groups in total. The SMILES string of the molecule is CCCn1nc(C(C)=O)c(O)c1C. The van der Waals surface area contributed by atoms with Crippen LogP contribution >= 0.6 is 0 Å². The number of aromatic hydroxyl groups is 1. The number of aromatic nitrogens is 2. The van der Waals surface area contributed by atoms with Crippen molar-refractivity contribution in [3.05, 3.63) is 11.4 Å². The molecule has 1 rings (SSSR count). The normalized spacial score (nSPS) is 10.4. The molecule has 0 aliphatic rings. The lowest BCUT2D eigenvalue weighted by atomic mass is 10.2. The molecule has 0 atom stereocenters. The molecule has 0 spiro atoms. The fourth-order valence-electron chi connectivity index (χ4n) is 1.20. The summed E-state index contributed by atoms with van der Waals surface area (Å²) in [6.45, 7) is 5.90. The van der Waals surface area contributed by atoms with Gasteiger partial charge in [-0.2, -0.15) is 5.10 Å². The van der Waals surface area contributed by atoms with Gasteiger partial charge < -0.3 is 5.11 Å². The Labute approximate surface area is 77.2 Å². The first-order valence-corrected chi connectivity index (χ1v) is 4.35. The fourth-order valence-corrected chi connectivity index (χ4v) is 1.20. The summed E-state index contributed by atoms with van der Waals surface area (Å²) in [6, 6.07) is 0. The molecule has 0 bridgehead atoms. The number of rotatable bonds is 3. The quantitative estimate of drug-likeness (QED) is 0.721. The number of aryl methyl sites for hydroxylation is 1. The van der Waals surface area contributed by atoms with E-state index in [0.717, 1.165) is 13.0 Å². The van der Waals surface area contributed by atoms with Crippen molar-refractivity contribution in [2.24, 2.45) is 0 Å². The average molecular weight is 182 g/mol. The Hall–Kier alpha value is -1.32. The Kier molecular flexibility index (Phi) is 2.70. The van der Waals surface area contributed by atoms with Crippen LogP contribution in [0.3, 0.4) is 0 Å². The average Bonchev–Trinajstić information content (AvgIpc) is 2.33. The standard InChI is InChI=1S/C9H14N2O2/c1-4-5-11-6(2)9(13)8(10-11)7(3)12/h13H,4-5H2,1-3H3. The maximum Gasteiger partial charge on any atom is 0.183 e. The van der Waals surface area contributed by atoms with E-state index in [4.69, 9.17) is 0 Å². The number of Topliss-reactive ketones (excluding diaryl/α,β-unsaturated/α-hetero) is 1. The van der Waals surface area contributed by atoms with Crippen LogP contribution in [0.15, 0.2) is 0 Å². The molecule has 0 amide bonds. The second-order valence-electron chi connectivity index (χ2n) is 3.06. The zero-order chi connectivity index (χ0) is 10.0. The third kappa shape index (κ3) is 1.71. The summed E-state index contributed by atoms with van der Waals surface area (Å²) >= 11 is 0. The summed E-state index contributed by atoms with van der Waals surface area (Å²) in [5.41, 5.74) is 0.831. The second kappa shape index (κ2) is 3.60. The molecule has 1 aromatic heterocycles. The van der Waals surface area contributed by atoms with Crippen LogP contribution in [0.1, 0.15) is 36.5 Å². The van der Waals surface area contributed by atoms with Gasteiger partial charge in [-0.15, -0.1) is 0 Å². The fraction of sp³-hybridized carbons (Fsp3) is 0.556. The van der Waals surface area contributed by atoms with E-state index in [1.54, 1.807) is 11.6 Å². The second-order valence-corrected chi connectivity index (χ2v) is 3.06.